The molecule has 1 aromatic carbocycles. The number of rotatable bonds is 2. The first-order chi connectivity index (χ1) is 8.73. The van der Waals surface area contributed by atoms with Crippen LogP contribution >= 0.6 is 0 Å². The van der Waals surface area contributed by atoms with E-state index in [1.54, 1.807) is 20.8 Å². The Kier molecular flexibility index (Phi) is 4.12. The smallest absolute Gasteiger partial charge is 0.412 e. The van der Waals surface area contributed by atoms with Crippen LogP contribution in [0.5, 0.6) is 0 Å². The van der Waals surface area contributed by atoms with Crippen LogP contribution in [0.25, 0.3) is 0 Å². The van der Waals surface area contributed by atoms with Crippen molar-refractivity contribution < 1.29 is 19.4 Å². The van der Waals surface area contributed by atoms with Crippen molar-refractivity contribution in [1.82, 2.24) is 0 Å². The molecule has 0 fully saturated rings. The molecule has 0 saturated carbocycles. The second-order valence-corrected chi connectivity index (χ2v) is 4.80. The van der Waals surface area contributed by atoms with Crippen LogP contribution in [0, 0.1) is 11.3 Å². The summed E-state index contributed by atoms with van der Waals surface area (Å²) in [5.74, 6) is -1.20. The zero-order valence-corrected chi connectivity index (χ0v) is 10.9. The number of hydrogen-bond acceptors (Lipinski definition) is 4. The minimum absolute atomic E-state index is 0.0285. The van der Waals surface area contributed by atoms with Crippen LogP contribution in [0.3, 0.4) is 0 Å². The van der Waals surface area contributed by atoms with E-state index in [2.05, 4.69) is 5.32 Å². The lowest BCUT2D eigenvalue weighted by molar-refractivity contribution is 0.0636. The fourth-order valence-corrected chi connectivity index (χ4v) is 1.32. The van der Waals surface area contributed by atoms with Crippen molar-refractivity contribution in [1.29, 1.82) is 5.26 Å². The standard InChI is InChI=1S/C13H14N2O4/c1-13(2,3)19-12(18)15-10-6-8(7-14)4-5-9(10)11(16)17/h4-6H,1-3H3,(H,15,18)(H,16,17). The van der Waals surface area contributed by atoms with Crippen molar-refractivity contribution in [2.75, 3.05) is 5.32 Å². The van der Waals surface area contributed by atoms with Gasteiger partial charge in [-0.1, -0.05) is 0 Å². The van der Waals surface area contributed by atoms with E-state index >= 15 is 0 Å². The number of hydrogen-bond donors (Lipinski definition) is 2. The molecule has 0 atom stereocenters. The Morgan fingerprint density at radius 1 is 1.37 bits per heavy atom. The first-order valence-electron chi connectivity index (χ1n) is 5.50. The summed E-state index contributed by atoms with van der Waals surface area (Å²) in [5, 5.41) is 20.1. The topological polar surface area (TPSA) is 99.4 Å². The normalized spacial score (nSPS) is 10.4. The molecule has 2 N–H and O–H groups in total. The Bertz CT molecular complexity index is 553. The van der Waals surface area contributed by atoms with Gasteiger partial charge in [-0.25, -0.2) is 9.59 Å². The lowest BCUT2D eigenvalue weighted by Gasteiger charge is -2.20. The number of amides is 1. The van der Waals surface area contributed by atoms with Gasteiger partial charge < -0.3 is 9.84 Å². The van der Waals surface area contributed by atoms with Crippen molar-refractivity contribution >= 4 is 17.7 Å². The van der Waals surface area contributed by atoms with Gasteiger partial charge in [0.25, 0.3) is 0 Å². The van der Waals surface area contributed by atoms with Crippen LogP contribution in [-0.4, -0.2) is 22.8 Å². The quantitative estimate of drug-likeness (QED) is 0.853. The van der Waals surface area contributed by atoms with Gasteiger partial charge in [0.2, 0.25) is 0 Å². The number of nitrogens with zero attached hydrogens (tertiary/aromatic N) is 1. The van der Waals surface area contributed by atoms with E-state index in [0.717, 1.165) is 0 Å². The van der Waals surface area contributed by atoms with Gasteiger partial charge in [0.15, 0.2) is 0 Å². The average Bonchev–Trinajstić information content (AvgIpc) is 2.25. The highest BCUT2D eigenvalue weighted by molar-refractivity contribution is 5.99. The number of aromatic carboxylic acids is 1. The van der Waals surface area contributed by atoms with Crippen molar-refractivity contribution in [2.45, 2.75) is 26.4 Å². The second kappa shape index (κ2) is 5.40. The summed E-state index contributed by atoms with van der Waals surface area (Å²) in [6.07, 6.45) is -0.773. The first-order valence-corrected chi connectivity index (χ1v) is 5.50. The van der Waals surface area contributed by atoms with Crippen LogP contribution in [0.1, 0.15) is 36.7 Å². The Hall–Kier alpha value is -2.55. The van der Waals surface area contributed by atoms with Gasteiger partial charge in [-0.3, -0.25) is 5.32 Å². The number of ether oxygens (including phenoxy) is 1. The fraction of sp³-hybridized carbons (Fsp3) is 0.308. The molecule has 100 valence electrons. The Morgan fingerprint density at radius 3 is 2.47 bits per heavy atom. The molecule has 0 spiro atoms. The predicted octanol–water partition coefficient (Wildman–Crippen LogP) is 2.60. The van der Waals surface area contributed by atoms with Gasteiger partial charge in [-0.05, 0) is 39.0 Å². The Morgan fingerprint density at radius 2 is 2.00 bits per heavy atom. The first kappa shape index (κ1) is 14.5. The van der Waals surface area contributed by atoms with Crippen LogP contribution in [-0.2, 0) is 4.74 Å². The molecule has 0 unspecified atom stereocenters. The summed E-state index contributed by atoms with van der Waals surface area (Å²) >= 11 is 0. The van der Waals surface area contributed by atoms with Gasteiger partial charge >= 0.3 is 12.1 Å². The number of benzene rings is 1. The van der Waals surface area contributed by atoms with Crippen molar-refractivity contribution in [3.05, 3.63) is 29.3 Å². The number of anilines is 1. The molecule has 1 rings (SSSR count). The van der Waals surface area contributed by atoms with E-state index in [1.165, 1.54) is 18.2 Å². The highest BCUT2D eigenvalue weighted by Crippen LogP contribution is 2.19. The molecule has 0 aliphatic rings. The fourth-order valence-electron chi connectivity index (χ4n) is 1.32. The monoisotopic (exact) mass is 262 g/mol. The van der Waals surface area contributed by atoms with E-state index in [9.17, 15) is 9.59 Å². The van der Waals surface area contributed by atoms with Crippen molar-refractivity contribution in [3.63, 3.8) is 0 Å². The third kappa shape index (κ3) is 4.32. The minimum atomic E-state index is -1.20. The largest absolute Gasteiger partial charge is 0.478 e. The summed E-state index contributed by atoms with van der Waals surface area (Å²) in [6.45, 7) is 5.07. The molecule has 0 aromatic heterocycles. The Balaban J connectivity index is 3.02. The van der Waals surface area contributed by atoms with Crippen LogP contribution in [0.15, 0.2) is 18.2 Å². The van der Waals surface area contributed by atoms with Crippen LogP contribution in [0.2, 0.25) is 0 Å². The molecular weight excluding hydrogens is 248 g/mol. The maximum absolute atomic E-state index is 11.6. The zero-order chi connectivity index (χ0) is 14.6. The van der Waals surface area contributed by atoms with E-state index in [4.69, 9.17) is 15.1 Å². The highest BCUT2D eigenvalue weighted by atomic mass is 16.6. The van der Waals surface area contributed by atoms with Crippen molar-refractivity contribution in [3.8, 4) is 6.07 Å². The highest BCUT2D eigenvalue weighted by Gasteiger charge is 2.19. The molecule has 0 radical (unpaired) electrons. The van der Waals surface area contributed by atoms with E-state index < -0.39 is 17.7 Å². The predicted molar refractivity (Wildman–Crippen MR) is 68.0 cm³/mol. The second-order valence-electron chi connectivity index (χ2n) is 4.80. The molecule has 0 saturated heterocycles. The SMILES string of the molecule is CC(C)(C)OC(=O)Nc1cc(C#N)ccc1C(=O)O. The van der Waals surface area contributed by atoms with Gasteiger partial charge in [-0.2, -0.15) is 5.26 Å². The lowest BCUT2D eigenvalue weighted by Crippen LogP contribution is -2.27. The van der Waals surface area contributed by atoms with E-state index in [0.29, 0.717) is 0 Å². The molecule has 6 heteroatoms. The minimum Gasteiger partial charge on any atom is -0.478 e. The molecule has 0 heterocycles. The number of nitriles is 1. The summed E-state index contributed by atoms with van der Waals surface area (Å²) in [5.41, 5.74) is -0.526. The van der Waals surface area contributed by atoms with Gasteiger partial charge in [-0.15, -0.1) is 0 Å². The van der Waals surface area contributed by atoms with Gasteiger partial charge in [0.05, 0.1) is 22.9 Å². The van der Waals surface area contributed by atoms with Crippen LogP contribution < -0.4 is 5.32 Å². The third-order valence-electron chi connectivity index (χ3n) is 2.01. The summed E-state index contributed by atoms with van der Waals surface area (Å²) < 4.78 is 5.02. The average molecular weight is 262 g/mol. The maximum atomic E-state index is 11.6. The van der Waals surface area contributed by atoms with Gasteiger partial charge in [0, 0.05) is 0 Å². The van der Waals surface area contributed by atoms with Crippen molar-refractivity contribution in [2.24, 2.45) is 0 Å². The molecule has 0 aliphatic heterocycles. The number of carbonyl (C=O) groups excluding carboxylic acids is 1. The number of carboxylic acid groups (broad SMARTS) is 1. The third-order valence-corrected chi connectivity index (χ3v) is 2.01. The molecule has 0 bridgehead atoms. The maximum Gasteiger partial charge on any atom is 0.412 e. The van der Waals surface area contributed by atoms with E-state index in [1.807, 2.05) is 6.07 Å². The molecular formula is C13H14N2O4. The number of carbonyl (C=O) groups is 2. The number of carboxylic acids is 1. The molecule has 6 nitrogen and oxygen atoms in total. The number of nitrogens with one attached hydrogen (secondary N) is 1. The Labute approximate surface area is 110 Å². The summed E-state index contributed by atoms with van der Waals surface area (Å²) in [7, 11) is 0. The van der Waals surface area contributed by atoms with E-state index in [-0.39, 0.29) is 16.8 Å². The van der Waals surface area contributed by atoms with Gasteiger partial charge in [0.1, 0.15) is 5.60 Å². The molecule has 1 amide bonds. The zero-order valence-electron chi connectivity index (χ0n) is 10.9. The van der Waals surface area contributed by atoms with Crippen LogP contribution in [0.4, 0.5) is 10.5 Å². The summed E-state index contributed by atoms with van der Waals surface area (Å²) in [4.78, 5) is 22.6. The molecule has 1 aromatic rings. The molecule has 0 aliphatic carbocycles. The lowest BCUT2D eigenvalue weighted by atomic mass is 10.1. The summed E-state index contributed by atoms with van der Waals surface area (Å²) in [6, 6.07) is 5.78. The molecule has 19 heavy (non-hydrogen) atoms.